The Hall–Kier alpha value is -2.11. The highest BCUT2D eigenvalue weighted by atomic mass is 16.6. The smallest absolute Gasteiger partial charge is 0.306 e. The van der Waals surface area contributed by atoms with Crippen LogP contribution in [0.4, 0.5) is 0 Å². The molecule has 6 nitrogen and oxygen atoms in total. The SMILES string of the molecule is CCCCCC/C=C\CCCCCCCCCC(=O)OC[C@H](COC(=O)CCCCCCCCCCCCC)OC(=O)CCCCCCC/C=C\CCCCCCCC. The van der Waals surface area contributed by atoms with Gasteiger partial charge in [0.25, 0.3) is 0 Å². The van der Waals surface area contributed by atoms with Gasteiger partial charge in [-0.2, -0.15) is 0 Å². The number of rotatable bonds is 47. The minimum absolute atomic E-state index is 0.0724. The Morgan fingerprint density at radius 3 is 0.864 bits per heavy atom. The molecule has 1 atom stereocenters. The fourth-order valence-corrected chi connectivity index (χ4v) is 7.49. The molecule has 0 heterocycles. The number of carbonyl (C=O) groups is 3. The summed E-state index contributed by atoms with van der Waals surface area (Å²) in [6.07, 6.45) is 54.4. The van der Waals surface area contributed by atoms with Crippen LogP contribution in [0.1, 0.15) is 278 Å². The third kappa shape index (κ3) is 46.8. The van der Waals surface area contributed by atoms with Crippen LogP contribution < -0.4 is 0 Å². The molecular formula is C53H98O6. The van der Waals surface area contributed by atoms with Crippen LogP contribution in [0.15, 0.2) is 24.3 Å². The van der Waals surface area contributed by atoms with E-state index in [1.54, 1.807) is 0 Å². The molecule has 0 radical (unpaired) electrons. The Morgan fingerprint density at radius 1 is 0.322 bits per heavy atom. The second kappa shape index (κ2) is 48.6. The molecule has 0 fully saturated rings. The largest absolute Gasteiger partial charge is 0.462 e. The number of unbranched alkanes of at least 4 members (excludes halogenated alkanes) is 32. The first kappa shape index (κ1) is 56.9. The molecule has 0 aliphatic heterocycles. The molecule has 0 saturated carbocycles. The summed E-state index contributed by atoms with van der Waals surface area (Å²) in [5, 5.41) is 0. The first-order valence-electron chi connectivity index (χ1n) is 25.8. The van der Waals surface area contributed by atoms with Crippen LogP contribution >= 0.6 is 0 Å². The van der Waals surface area contributed by atoms with Gasteiger partial charge in [0.2, 0.25) is 0 Å². The van der Waals surface area contributed by atoms with E-state index in [4.69, 9.17) is 14.2 Å². The molecule has 0 bridgehead atoms. The minimum atomic E-state index is -0.772. The molecule has 0 aromatic carbocycles. The number of ether oxygens (including phenoxy) is 3. The molecule has 0 aromatic rings. The lowest BCUT2D eigenvalue weighted by molar-refractivity contribution is -0.167. The van der Waals surface area contributed by atoms with Crippen molar-refractivity contribution < 1.29 is 28.6 Å². The van der Waals surface area contributed by atoms with Gasteiger partial charge in [0, 0.05) is 19.3 Å². The summed E-state index contributed by atoms with van der Waals surface area (Å²) in [6.45, 7) is 6.62. The quantitative estimate of drug-likeness (QED) is 0.0263. The highest BCUT2D eigenvalue weighted by molar-refractivity contribution is 5.71. The maximum Gasteiger partial charge on any atom is 0.306 e. The number of esters is 3. The maximum atomic E-state index is 12.8. The first-order valence-corrected chi connectivity index (χ1v) is 25.8. The summed E-state index contributed by atoms with van der Waals surface area (Å²) < 4.78 is 16.8. The maximum absolute atomic E-state index is 12.8. The van der Waals surface area contributed by atoms with Gasteiger partial charge in [-0.15, -0.1) is 0 Å². The second-order valence-corrected chi connectivity index (χ2v) is 17.4. The summed E-state index contributed by atoms with van der Waals surface area (Å²) >= 11 is 0. The van der Waals surface area contributed by atoms with E-state index in [2.05, 4.69) is 45.1 Å². The van der Waals surface area contributed by atoms with Crippen molar-refractivity contribution in [3.63, 3.8) is 0 Å². The summed E-state index contributed by atoms with van der Waals surface area (Å²) in [7, 11) is 0. The van der Waals surface area contributed by atoms with Crippen molar-refractivity contribution in [2.45, 2.75) is 284 Å². The minimum Gasteiger partial charge on any atom is -0.462 e. The van der Waals surface area contributed by atoms with E-state index in [1.165, 1.54) is 173 Å². The number of hydrogen-bond acceptors (Lipinski definition) is 6. The standard InChI is InChI=1S/C53H98O6/c1-4-7-10-13-16-19-22-24-26-28-31-34-37-40-43-46-52(55)58-49-50(48-57-51(54)45-42-39-36-33-30-21-18-15-12-9-6-3)59-53(56)47-44-41-38-35-32-29-27-25-23-20-17-14-11-8-5-2/h19,22,25,27,50H,4-18,20-21,23-24,26,28-49H2,1-3H3/b22-19-,27-25-/t50-/m0/s1. The van der Waals surface area contributed by atoms with Crippen LogP contribution in [-0.2, 0) is 28.6 Å². The fourth-order valence-electron chi connectivity index (χ4n) is 7.49. The Labute approximate surface area is 366 Å². The Bertz CT molecular complexity index is 958. The summed E-state index contributed by atoms with van der Waals surface area (Å²) in [4.78, 5) is 37.9. The van der Waals surface area contributed by atoms with E-state index in [0.29, 0.717) is 19.3 Å². The van der Waals surface area contributed by atoms with Gasteiger partial charge in [-0.25, -0.2) is 0 Å². The van der Waals surface area contributed by atoms with Crippen molar-refractivity contribution in [1.29, 1.82) is 0 Å². The molecule has 59 heavy (non-hydrogen) atoms. The lowest BCUT2D eigenvalue weighted by atomic mass is 10.1. The fraction of sp³-hybridized carbons (Fsp3) is 0.868. The van der Waals surface area contributed by atoms with Crippen LogP contribution in [-0.4, -0.2) is 37.2 Å². The van der Waals surface area contributed by atoms with E-state index >= 15 is 0 Å². The van der Waals surface area contributed by atoms with Crippen LogP contribution in [0.2, 0.25) is 0 Å². The van der Waals surface area contributed by atoms with Gasteiger partial charge in [-0.05, 0) is 70.6 Å². The van der Waals surface area contributed by atoms with Gasteiger partial charge in [0.15, 0.2) is 6.10 Å². The summed E-state index contributed by atoms with van der Waals surface area (Å²) in [5.74, 6) is -0.875. The summed E-state index contributed by atoms with van der Waals surface area (Å²) in [6, 6.07) is 0. The van der Waals surface area contributed by atoms with Crippen molar-refractivity contribution in [3.05, 3.63) is 24.3 Å². The molecule has 0 aliphatic carbocycles. The lowest BCUT2D eigenvalue weighted by Crippen LogP contribution is -2.30. The van der Waals surface area contributed by atoms with Crippen LogP contribution in [0.5, 0.6) is 0 Å². The molecular weight excluding hydrogens is 733 g/mol. The predicted octanol–water partition coefficient (Wildman–Crippen LogP) is 16.8. The molecule has 0 N–H and O–H groups in total. The normalized spacial score (nSPS) is 12.1. The van der Waals surface area contributed by atoms with E-state index in [0.717, 1.165) is 64.2 Å². The average molecular weight is 831 g/mol. The average Bonchev–Trinajstić information content (AvgIpc) is 3.23. The Kier molecular flexibility index (Phi) is 46.8. The topological polar surface area (TPSA) is 78.9 Å². The van der Waals surface area contributed by atoms with E-state index in [-0.39, 0.29) is 31.1 Å². The molecule has 0 aromatic heterocycles. The zero-order valence-electron chi connectivity index (χ0n) is 39.5. The monoisotopic (exact) mass is 831 g/mol. The third-order valence-corrected chi connectivity index (χ3v) is 11.4. The lowest BCUT2D eigenvalue weighted by Gasteiger charge is -2.18. The molecule has 0 rings (SSSR count). The molecule has 0 unspecified atom stereocenters. The molecule has 346 valence electrons. The van der Waals surface area contributed by atoms with Crippen LogP contribution in [0.3, 0.4) is 0 Å². The van der Waals surface area contributed by atoms with Crippen molar-refractivity contribution in [3.8, 4) is 0 Å². The zero-order chi connectivity index (χ0) is 43.0. The van der Waals surface area contributed by atoms with Gasteiger partial charge in [0.1, 0.15) is 13.2 Å². The number of hydrogen-bond donors (Lipinski definition) is 0. The Morgan fingerprint density at radius 2 is 0.559 bits per heavy atom. The molecule has 0 aliphatic rings. The Balaban J connectivity index is 4.35. The van der Waals surface area contributed by atoms with Crippen molar-refractivity contribution >= 4 is 17.9 Å². The van der Waals surface area contributed by atoms with Crippen molar-refractivity contribution in [2.24, 2.45) is 0 Å². The zero-order valence-corrected chi connectivity index (χ0v) is 39.5. The molecule has 0 saturated heterocycles. The van der Waals surface area contributed by atoms with Crippen molar-refractivity contribution in [2.75, 3.05) is 13.2 Å². The van der Waals surface area contributed by atoms with E-state index in [1.807, 2.05) is 0 Å². The van der Waals surface area contributed by atoms with Crippen LogP contribution in [0.25, 0.3) is 0 Å². The van der Waals surface area contributed by atoms with Gasteiger partial charge in [-0.3, -0.25) is 14.4 Å². The summed E-state index contributed by atoms with van der Waals surface area (Å²) in [5.41, 5.74) is 0. The first-order chi connectivity index (χ1) is 29.0. The van der Waals surface area contributed by atoms with Gasteiger partial charge < -0.3 is 14.2 Å². The molecule has 0 spiro atoms. The van der Waals surface area contributed by atoms with E-state index in [9.17, 15) is 14.4 Å². The van der Waals surface area contributed by atoms with Crippen LogP contribution in [0, 0.1) is 0 Å². The predicted molar refractivity (Wildman–Crippen MR) is 252 cm³/mol. The van der Waals surface area contributed by atoms with E-state index < -0.39 is 6.10 Å². The van der Waals surface area contributed by atoms with Gasteiger partial charge in [0.05, 0.1) is 0 Å². The number of allylic oxidation sites excluding steroid dienone is 4. The second-order valence-electron chi connectivity index (χ2n) is 17.4. The molecule has 0 amide bonds. The highest BCUT2D eigenvalue weighted by Crippen LogP contribution is 2.15. The van der Waals surface area contributed by atoms with Gasteiger partial charge in [-0.1, -0.05) is 212 Å². The third-order valence-electron chi connectivity index (χ3n) is 11.4. The van der Waals surface area contributed by atoms with Gasteiger partial charge >= 0.3 is 17.9 Å². The van der Waals surface area contributed by atoms with Crippen molar-refractivity contribution in [1.82, 2.24) is 0 Å². The highest BCUT2D eigenvalue weighted by Gasteiger charge is 2.19. The number of carbonyl (C=O) groups excluding carboxylic acids is 3. The molecule has 6 heteroatoms.